The number of carbonyl (C=O) groups excluding carboxylic acids is 1. The first kappa shape index (κ1) is 17.2. The zero-order valence-corrected chi connectivity index (χ0v) is 13.5. The maximum Gasteiger partial charge on any atom is 0.252 e. The highest BCUT2D eigenvalue weighted by molar-refractivity contribution is 5.94. The lowest BCUT2D eigenvalue weighted by Crippen LogP contribution is -2.44. The molecule has 0 radical (unpaired) electrons. The van der Waals surface area contributed by atoms with Crippen LogP contribution in [0.5, 0.6) is 0 Å². The number of rotatable bonds is 4. The molecule has 6 nitrogen and oxygen atoms in total. The number of hydrazine groups is 1. The van der Waals surface area contributed by atoms with Crippen molar-refractivity contribution in [2.24, 2.45) is 0 Å². The van der Waals surface area contributed by atoms with Gasteiger partial charge in [-0.2, -0.15) is 0 Å². The largest absolute Gasteiger partial charge is 0.335 e. The topological polar surface area (TPSA) is 86.0 Å². The normalized spacial score (nSPS) is 19.8. The van der Waals surface area contributed by atoms with Gasteiger partial charge in [-0.05, 0) is 18.6 Å². The molecule has 0 aliphatic carbocycles. The molecule has 2 heterocycles. The molecule has 8 heteroatoms. The number of hydrogen-bond acceptors (Lipinski definition) is 4. The van der Waals surface area contributed by atoms with Crippen LogP contribution in [0.3, 0.4) is 0 Å². The van der Waals surface area contributed by atoms with E-state index in [1.807, 2.05) is 6.92 Å². The summed E-state index contributed by atoms with van der Waals surface area (Å²) in [7, 11) is 0. The number of amides is 1. The maximum absolute atomic E-state index is 13.9. The van der Waals surface area contributed by atoms with Crippen LogP contribution >= 0.6 is 0 Å². The molecule has 0 saturated carbocycles. The molecule has 1 aliphatic rings. The van der Waals surface area contributed by atoms with E-state index in [0.717, 1.165) is 6.07 Å². The van der Waals surface area contributed by atoms with Crippen LogP contribution in [0.2, 0.25) is 0 Å². The van der Waals surface area contributed by atoms with Crippen molar-refractivity contribution in [1.29, 1.82) is 0 Å². The van der Waals surface area contributed by atoms with Crippen molar-refractivity contribution in [3.8, 4) is 0 Å². The summed E-state index contributed by atoms with van der Waals surface area (Å²) in [5.41, 5.74) is 6.44. The van der Waals surface area contributed by atoms with Crippen LogP contribution < -0.4 is 21.7 Å². The smallest absolute Gasteiger partial charge is 0.252 e. The molecule has 1 fully saturated rings. The Hall–Kier alpha value is -2.58. The first-order valence-corrected chi connectivity index (χ1v) is 7.97. The third kappa shape index (κ3) is 3.75. The molecule has 2 unspecified atom stereocenters. The molecular weight excluding hydrogens is 330 g/mol. The van der Waals surface area contributed by atoms with Gasteiger partial charge in [0.2, 0.25) is 5.56 Å². The van der Waals surface area contributed by atoms with Gasteiger partial charge in [0.05, 0.1) is 12.2 Å². The number of pyridine rings is 1. The molecule has 3 rings (SSSR count). The van der Waals surface area contributed by atoms with E-state index in [1.165, 1.54) is 18.2 Å². The number of aromatic nitrogens is 1. The van der Waals surface area contributed by atoms with Crippen molar-refractivity contribution in [3.63, 3.8) is 0 Å². The number of nitrogens with one attached hydrogen (secondary N) is 4. The van der Waals surface area contributed by atoms with E-state index in [2.05, 4.69) is 21.2 Å². The quantitative estimate of drug-likeness (QED) is 0.675. The summed E-state index contributed by atoms with van der Waals surface area (Å²) in [5, 5.41) is 2.73. The number of carbonyl (C=O) groups is 1. The highest BCUT2D eigenvalue weighted by atomic mass is 19.2. The van der Waals surface area contributed by atoms with E-state index in [0.29, 0.717) is 18.5 Å². The minimum atomic E-state index is -0.914. The Bertz CT molecular complexity index is 853. The molecule has 25 heavy (non-hydrogen) atoms. The summed E-state index contributed by atoms with van der Waals surface area (Å²) in [6.45, 7) is 1.87. The van der Waals surface area contributed by atoms with Gasteiger partial charge in [-0.3, -0.25) is 9.59 Å². The van der Waals surface area contributed by atoms with Gasteiger partial charge in [0.1, 0.15) is 0 Å². The van der Waals surface area contributed by atoms with Crippen LogP contribution in [0.4, 0.5) is 8.78 Å². The van der Waals surface area contributed by atoms with E-state index in [4.69, 9.17) is 0 Å². The Kier molecular flexibility index (Phi) is 4.91. The molecule has 2 atom stereocenters. The van der Waals surface area contributed by atoms with Gasteiger partial charge in [0, 0.05) is 29.3 Å². The molecule has 1 saturated heterocycles. The van der Waals surface area contributed by atoms with Crippen LogP contribution in [0.25, 0.3) is 0 Å². The lowest BCUT2D eigenvalue weighted by Gasteiger charge is -2.13. The predicted molar refractivity (Wildman–Crippen MR) is 87.7 cm³/mol. The fourth-order valence-corrected chi connectivity index (χ4v) is 2.81. The third-order valence-corrected chi connectivity index (χ3v) is 4.11. The standard InChI is InChI=1S/C17H18F2N4O2/c1-2-10-6-9(7-15(24)20-10)17(25)21-14-8-13(22-23-14)11-4-3-5-12(18)16(11)19/h3-7,13-14,22-23H,2,8H2,1H3,(H,20,24)(H,21,25). The van der Waals surface area contributed by atoms with Gasteiger partial charge < -0.3 is 10.3 Å². The average Bonchev–Trinajstić information content (AvgIpc) is 3.05. The predicted octanol–water partition coefficient (Wildman–Crippen LogP) is 1.51. The van der Waals surface area contributed by atoms with Crippen molar-refractivity contribution < 1.29 is 13.6 Å². The van der Waals surface area contributed by atoms with Gasteiger partial charge in [0.25, 0.3) is 5.91 Å². The number of hydrogen-bond donors (Lipinski definition) is 4. The molecule has 2 aromatic rings. The number of halogens is 2. The van der Waals surface area contributed by atoms with Gasteiger partial charge in [0.15, 0.2) is 11.6 Å². The van der Waals surface area contributed by atoms with Gasteiger partial charge in [-0.15, -0.1) is 0 Å². The monoisotopic (exact) mass is 348 g/mol. The second-order valence-corrected chi connectivity index (χ2v) is 5.86. The zero-order chi connectivity index (χ0) is 18.0. The summed E-state index contributed by atoms with van der Waals surface area (Å²) in [6.07, 6.45) is 0.445. The number of H-pyrrole nitrogens is 1. The Morgan fingerprint density at radius 3 is 2.84 bits per heavy atom. The SMILES string of the molecule is CCc1cc(C(=O)NC2CC(c3cccc(F)c3F)NN2)cc(=O)[nH]1. The number of aromatic amines is 1. The minimum Gasteiger partial charge on any atom is -0.335 e. The highest BCUT2D eigenvalue weighted by Gasteiger charge is 2.29. The highest BCUT2D eigenvalue weighted by Crippen LogP contribution is 2.25. The Morgan fingerprint density at radius 1 is 1.28 bits per heavy atom. The van der Waals surface area contributed by atoms with Gasteiger partial charge in [-0.25, -0.2) is 19.6 Å². The molecule has 4 N–H and O–H groups in total. The third-order valence-electron chi connectivity index (χ3n) is 4.11. The minimum absolute atomic E-state index is 0.189. The van der Waals surface area contributed by atoms with Crippen molar-refractivity contribution in [3.05, 3.63) is 69.1 Å². The first-order valence-electron chi connectivity index (χ1n) is 7.97. The van der Waals surface area contributed by atoms with Crippen molar-refractivity contribution >= 4 is 5.91 Å². The second kappa shape index (κ2) is 7.12. The molecule has 1 aromatic carbocycles. The fraction of sp³-hybridized carbons (Fsp3) is 0.294. The van der Waals surface area contributed by atoms with Crippen LogP contribution in [0.15, 0.2) is 35.1 Å². The van der Waals surface area contributed by atoms with E-state index in [-0.39, 0.29) is 16.7 Å². The average molecular weight is 348 g/mol. The summed E-state index contributed by atoms with van der Waals surface area (Å²) in [5.74, 6) is -2.24. The van der Waals surface area contributed by atoms with Crippen molar-refractivity contribution in [1.82, 2.24) is 21.2 Å². The number of benzene rings is 1. The molecular formula is C17H18F2N4O2. The van der Waals surface area contributed by atoms with E-state index in [1.54, 1.807) is 6.07 Å². The van der Waals surface area contributed by atoms with Gasteiger partial charge in [-0.1, -0.05) is 19.1 Å². The summed E-state index contributed by atoms with van der Waals surface area (Å²) < 4.78 is 27.2. The van der Waals surface area contributed by atoms with Crippen molar-refractivity contribution in [2.45, 2.75) is 32.0 Å². The van der Waals surface area contributed by atoms with Gasteiger partial charge >= 0.3 is 0 Å². The molecule has 1 aliphatic heterocycles. The van der Waals surface area contributed by atoms with Crippen LogP contribution in [0.1, 0.15) is 41.0 Å². The van der Waals surface area contributed by atoms with Crippen LogP contribution in [-0.2, 0) is 6.42 Å². The van der Waals surface area contributed by atoms with Crippen LogP contribution in [0, 0.1) is 11.6 Å². The molecule has 0 spiro atoms. The molecule has 1 aromatic heterocycles. The Balaban J connectivity index is 1.69. The van der Waals surface area contributed by atoms with Crippen LogP contribution in [-0.4, -0.2) is 17.1 Å². The fourth-order valence-electron chi connectivity index (χ4n) is 2.81. The lowest BCUT2D eigenvalue weighted by atomic mass is 10.0. The molecule has 132 valence electrons. The summed E-state index contributed by atoms with van der Waals surface area (Å²) in [4.78, 5) is 26.5. The maximum atomic E-state index is 13.9. The zero-order valence-electron chi connectivity index (χ0n) is 13.5. The van der Waals surface area contributed by atoms with E-state index in [9.17, 15) is 18.4 Å². The summed E-state index contributed by atoms with van der Waals surface area (Å²) >= 11 is 0. The second-order valence-electron chi connectivity index (χ2n) is 5.86. The lowest BCUT2D eigenvalue weighted by molar-refractivity contribution is 0.0932. The molecule has 0 bridgehead atoms. The molecule has 1 amide bonds. The van der Waals surface area contributed by atoms with E-state index >= 15 is 0 Å². The van der Waals surface area contributed by atoms with Crippen molar-refractivity contribution in [2.75, 3.05) is 0 Å². The Labute approximate surface area is 142 Å². The summed E-state index contributed by atoms with van der Waals surface area (Å²) in [6, 6.07) is 6.34. The number of aryl methyl sites for hydroxylation is 1. The Morgan fingerprint density at radius 2 is 2.08 bits per heavy atom. The first-order chi connectivity index (χ1) is 12.0. The van der Waals surface area contributed by atoms with E-state index < -0.39 is 29.7 Å².